The Hall–Kier alpha value is -1.63. The fourth-order valence-corrected chi connectivity index (χ4v) is 1.54. The van der Waals surface area contributed by atoms with E-state index in [1.54, 1.807) is 0 Å². The molecule has 18 heavy (non-hydrogen) atoms. The predicted octanol–water partition coefficient (Wildman–Crippen LogP) is 2.53. The summed E-state index contributed by atoms with van der Waals surface area (Å²) in [5, 5.41) is 11.0. The van der Waals surface area contributed by atoms with Gasteiger partial charge in [0.2, 0.25) is 0 Å². The van der Waals surface area contributed by atoms with E-state index in [0.29, 0.717) is 5.69 Å². The summed E-state index contributed by atoms with van der Waals surface area (Å²) in [4.78, 5) is 23.2. The summed E-state index contributed by atoms with van der Waals surface area (Å²) in [6.45, 7) is 0.101. The van der Waals surface area contributed by atoms with Crippen LogP contribution in [0.1, 0.15) is 6.42 Å². The third kappa shape index (κ3) is 4.33. The number of urea groups is 1. The van der Waals surface area contributed by atoms with Crippen molar-refractivity contribution < 1.29 is 19.1 Å². The molecule has 0 bridgehead atoms. The SMILES string of the molecule is CN(CCC(=O)O)C(=O)Nc1ccc(F)c(Br)c1. The Kier molecular flexibility index (Phi) is 5.08. The van der Waals surface area contributed by atoms with Crippen LogP contribution in [0.5, 0.6) is 0 Å². The van der Waals surface area contributed by atoms with Crippen LogP contribution in [0, 0.1) is 5.82 Å². The maximum absolute atomic E-state index is 13.0. The van der Waals surface area contributed by atoms with E-state index in [-0.39, 0.29) is 17.4 Å². The molecule has 0 heterocycles. The van der Waals surface area contributed by atoms with Crippen molar-refractivity contribution >= 4 is 33.6 Å². The second-order valence-electron chi connectivity index (χ2n) is 3.62. The molecule has 0 radical (unpaired) electrons. The Morgan fingerprint density at radius 3 is 2.72 bits per heavy atom. The molecule has 1 aromatic rings. The molecule has 0 atom stereocenters. The average molecular weight is 319 g/mol. The van der Waals surface area contributed by atoms with Gasteiger partial charge in [0.25, 0.3) is 0 Å². The topological polar surface area (TPSA) is 69.6 Å². The van der Waals surface area contributed by atoms with Crippen LogP contribution in [-0.2, 0) is 4.79 Å². The Labute approximate surface area is 112 Å². The van der Waals surface area contributed by atoms with E-state index in [1.165, 1.54) is 30.1 Å². The van der Waals surface area contributed by atoms with Crippen LogP contribution in [0.3, 0.4) is 0 Å². The summed E-state index contributed by atoms with van der Waals surface area (Å²) in [7, 11) is 1.48. The van der Waals surface area contributed by atoms with Gasteiger partial charge in [-0.2, -0.15) is 0 Å². The van der Waals surface area contributed by atoms with Crippen molar-refractivity contribution in [3.05, 3.63) is 28.5 Å². The molecule has 7 heteroatoms. The molecule has 0 aromatic heterocycles. The smallest absolute Gasteiger partial charge is 0.321 e. The summed E-state index contributed by atoms with van der Waals surface area (Å²) < 4.78 is 13.2. The molecule has 0 spiro atoms. The number of hydrogen-bond donors (Lipinski definition) is 2. The van der Waals surface area contributed by atoms with E-state index in [2.05, 4.69) is 21.2 Å². The second-order valence-corrected chi connectivity index (χ2v) is 4.48. The molecule has 0 fully saturated rings. The van der Waals surface area contributed by atoms with Gasteiger partial charge < -0.3 is 15.3 Å². The van der Waals surface area contributed by atoms with Crippen molar-refractivity contribution in [1.82, 2.24) is 4.90 Å². The maximum Gasteiger partial charge on any atom is 0.321 e. The zero-order valence-electron chi connectivity index (χ0n) is 9.61. The largest absolute Gasteiger partial charge is 0.481 e. The van der Waals surface area contributed by atoms with Gasteiger partial charge in [-0.3, -0.25) is 4.79 Å². The van der Waals surface area contributed by atoms with E-state index < -0.39 is 17.8 Å². The van der Waals surface area contributed by atoms with E-state index in [0.717, 1.165) is 0 Å². The van der Waals surface area contributed by atoms with Crippen LogP contribution in [0.4, 0.5) is 14.9 Å². The Morgan fingerprint density at radius 2 is 2.17 bits per heavy atom. The minimum absolute atomic E-state index is 0.101. The summed E-state index contributed by atoms with van der Waals surface area (Å²) in [5.41, 5.74) is 0.426. The van der Waals surface area contributed by atoms with Gasteiger partial charge in [0.15, 0.2) is 0 Å². The van der Waals surface area contributed by atoms with Crippen molar-refractivity contribution in [2.45, 2.75) is 6.42 Å². The minimum Gasteiger partial charge on any atom is -0.481 e. The molecule has 0 saturated carbocycles. The number of amides is 2. The summed E-state index contributed by atoms with van der Waals surface area (Å²) in [5.74, 6) is -1.40. The fraction of sp³-hybridized carbons (Fsp3) is 0.273. The van der Waals surface area contributed by atoms with Gasteiger partial charge >= 0.3 is 12.0 Å². The van der Waals surface area contributed by atoms with E-state index in [9.17, 15) is 14.0 Å². The van der Waals surface area contributed by atoms with Crippen molar-refractivity contribution in [3.8, 4) is 0 Å². The quantitative estimate of drug-likeness (QED) is 0.896. The molecule has 0 aliphatic carbocycles. The van der Waals surface area contributed by atoms with Crippen LogP contribution in [-0.4, -0.2) is 35.6 Å². The normalized spacial score (nSPS) is 9.94. The number of aliphatic carboxylic acids is 1. The molecule has 0 saturated heterocycles. The summed E-state index contributed by atoms with van der Waals surface area (Å²) in [6, 6.07) is 3.62. The maximum atomic E-state index is 13.0. The van der Waals surface area contributed by atoms with Crippen LogP contribution in [0.2, 0.25) is 0 Å². The number of carbonyl (C=O) groups excluding carboxylic acids is 1. The van der Waals surface area contributed by atoms with Gasteiger partial charge in [-0.15, -0.1) is 0 Å². The summed E-state index contributed by atoms with van der Waals surface area (Å²) >= 11 is 3.01. The number of benzene rings is 1. The van der Waals surface area contributed by atoms with Crippen molar-refractivity contribution in [2.24, 2.45) is 0 Å². The molecule has 0 unspecified atom stereocenters. The first-order chi connectivity index (χ1) is 8.40. The highest BCUT2D eigenvalue weighted by atomic mass is 79.9. The van der Waals surface area contributed by atoms with Gasteiger partial charge in [0, 0.05) is 19.3 Å². The molecule has 98 valence electrons. The number of nitrogens with zero attached hydrogens (tertiary/aromatic N) is 1. The molecular weight excluding hydrogens is 307 g/mol. The van der Waals surface area contributed by atoms with E-state index in [4.69, 9.17) is 5.11 Å². The standard InChI is InChI=1S/C11H12BrFN2O3/c1-15(5-4-10(16)17)11(18)14-7-2-3-9(13)8(12)6-7/h2-3,6H,4-5H2,1H3,(H,14,18)(H,16,17). The lowest BCUT2D eigenvalue weighted by atomic mass is 10.3. The monoisotopic (exact) mass is 318 g/mol. The van der Waals surface area contributed by atoms with Gasteiger partial charge in [-0.1, -0.05) is 0 Å². The average Bonchev–Trinajstić information content (AvgIpc) is 2.30. The van der Waals surface area contributed by atoms with Gasteiger partial charge in [0.1, 0.15) is 5.82 Å². The number of anilines is 1. The van der Waals surface area contributed by atoms with Crippen molar-refractivity contribution in [1.29, 1.82) is 0 Å². The molecule has 5 nitrogen and oxygen atoms in total. The number of carbonyl (C=O) groups is 2. The third-order valence-electron chi connectivity index (χ3n) is 2.18. The van der Waals surface area contributed by atoms with Crippen LogP contribution >= 0.6 is 15.9 Å². The van der Waals surface area contributed by atoms with Crippen LogP contribution < -0.4 is 5.32 Å². The lowest BCUT2D eigenvalue weighted by Gasteiger charge is -2.17. The highest BCUT2D eigenvalue weighted by molar-refractivity contribution is 9.10. The number of carboxylic acid groups (broad SMARTS) is 1. The highest BCUT2D eigenvalue weighted by Crippen LogP contribution is 2.20. The first-order valence-electron chi connectivity index (χ1n) is 5.09. The number of carboxylic acids is 1. The Bertz CT molecular complexity index is 468. The molecule has 2 N–H and O–H groups in total. The molecule has 1 rings (SSSR count). The Morgan fingerprint density at radius 1 is 1.50 bits per heavy atom. The molecular formula is C11H12BrFN2O3. The first kappa shape index (κ1) is 14.4. The molecule has 0 aliphatic heterocycles. The summed E-state index contributed by atoms with van der Waals surface area (Å²) in [6.07, 6.45) is -0.128. The van der Waals surface area contributed by atoms with Crippen molar-refractivity contribution in [3.63, 3.8) is 0 Å². The van der Waals surface area contributed by atoms with Gasteiger partial charge in [-0.25, -0.2) is 9.18 Å². The lowest BCUT2D eigenvalue weighted by Crippen LogP contribution is -2.33. The second kappa shape index (κ2) is 6.34. The Balaban J connectivity index is 2.58. The third-order valence-corrected chi connectivity index (χ3v) is 2.79. The number of rotatable bonds is 4. The zero-order chi connectivity index (χ0) is 13.7. The van der Waals surface area contributed by atoms with Gasteiger partial charge in [-0.05, 0) is 34.1 Å². The molecule has 0 aliphatic rings. The number of nitrogens with one attached hydrogen (secondary N) is 1. The predicted molar refractivity (Wildman–Crippen MR) is 68.0 cm³/mol. The van der Waals surface area contributed by atoms with E-state index >= 15 is 0 Å². The fourth-order valence-electron chi connectivity index (χ4n) is 1.16. The first-order valence-corrected chi connectivity index (χ1v) is 5.88. The van der Waals surface area contributed by atoms with Crippen LogP contribution in [0.25, 0.3) is 0 Å². The lowest BCUT2D eigenvalue weighted by molar-refractivity contribution is -0.137. The number of hydrogen-bond acceptors (Lipinski definition) is 2. The van der Waals surface area contributed by atoms with Crippen LogP contribution in [0.15, 0.2) is 22.7 Å². The number of halogens is 2. The molecule has 1 aromatic carbocycles. The van der Waals surface area contributed by atoms with E-state index in [1.807, 2.05) is 0 Å². The van der Waals surface area contributed by atoms with Gasteiger partial charge in [0.05, 0.1) is 10.9 Å². The van der Waals surface area contributed by atoms with Crippen molar-refractivity contribution in [2.75, 3.05) is 18.9 Å². The zero-order valence-corrected chi connectivity index (χ0v) is 11.2. The molecule has 2 amide bonds. The highest BCUT2D eigenvalue weighted by Gasteiger charge is 2.11. The minimum atomic E-state index is -0.973.